The molecule has 0 spiro atoms. The van der Waals surface area contributed by atoms with Crippen molar-refractivity contribution in [3.8, 4) is 0 Å². The fourth-order valence-electron chi connectivity index (χ4n) is 6.23. The Kier molecular flexibility index (Phi) is 8.41. The highest BCUT2D eigenvalue weighted by Gasteiger charge is 2.34. The van der Waals surface area contributed by atoms with Crippen molar-refractivity contribution in [3.05, 3.63) is 177 Å². The maximum atomic E-state index is 14.6. The molecule has 46 heavy (non-hydrogen) atoms. The molecule has 0 saturated carbocycles. The van der Waals surface area contributed by atoms with E-state index in [0.29, 0.717) is 0 Å². The van der Waals surface area contributed by atoms with Crippen molar-refractivity contribution in [2.24, 2.45) is 4.99 Å². The van der Waals surface area contributed by atoms with Crippen LogP contribution in [0.15, 0.2) is 145 Å². The van der Waals surface area contributed by atoms with Crippen molar-refractivity contribution in [2.45, 2.75) is 25.3 Å². The number of thioether (sulfide) groups is 2. The van der Waals surface area contributed by atoms with Crippen molar-refractivity contribution in [1.82, 2.24) is 4.57 Å². The molecule has 1 atom stereocenters. The second-order valence-electron chi connectivity index (χ2n) is 11.3. The molecule has 3 aliphatic rings. The van der Waals surface area contributed by atoms with Crippen molar-refractivity contribution < 1.29 is 0 Å². The Hall–Kier alpha value is -3.14. The second-order valence-corrected chi connectivity index (χ2v) is 16.4. The van der Waals surface area contributed by atoms with E-state index in [1.165, 1.54) is 32.3 Å². The van der Waals surface area contributed by atoms with Gasteiger partial charge < -0.3 is 0 Å². The molecule has 4 aromatic carbocycles. The minimum atomic E-state index is -0.200. The van der Waals surface area contributed by atoms with E-state index < -0.39 is 0 Å². The van der Waals surface area contributed by atoms with Gasteiger partial charge in [0.25, 0.3) is 5.56 Å². The summed E-state index contributed by atoms with van der Waals surface area (Å²) in [6.45, 7) is 0. The third-order valence-corrected chi connectivity index (χ3v) is 13.4. The van der Waals surface area contributed by atoms with Gasteiger partial charge in [0.2, 0.25) is 0 Å². The van der Waals surface area contributed by atoms with Gasteiger partial charge in [-0.2, -0.15) is 0 Å². The van der Waals surface area contributed by atoms with Gasteiger partial charge in [-0.3, -0.25) is 9.36 Å². The van der Waals surface area contributed by atoms with Gasteiger partial charge in [-0.25, -0.2) is 4.99 Å². The van der Waals surface area contributed by atoms with Crippen molar-refractivity contribution in [2.75, 3.05) is 0 Å². The van der Waals surface area contributed by atoms with E-state index in [1.807, 2.05) is 16.7 Å². The van der Waals surface area contributed by atoms with Gasteiger partial charge in [0.05, 0.1) is 16.0 Å². The summed E-state index contributed by atoms with van der Waals surface area (Å²) in [4.78, 5) is 23.0. The molecule has 8 rings (SSSR count). The third-order valence-electron chi connectivity index (χ3n) is 8.36. The average Bonchev–Trinajstić information content (AvgIpc) is 3.68. The van der Waals surface area contributed by atoms with Crippen LogP contribution in [0.25, 0.3) is 20.1 Å². The van der Waals surface area contributed by atoms with Crippen LogP contribution in [0.5, 0.6) is 0 Å². The molecule has 3 heterocycles. The van der Waals surface area contributed by atoms with E-state index >= 15 is 0 Å². The SMILES string of the molecule is O=c1c(=C2SC(c3ccccc3)=C(c3ccccc3)S2)sc2n1[C@H](c1ccc(Br)cc1)C1=C(N=2)/C(=C/c2ccc(Br)cc2)CCC1. The summed E-state index contributed by atoms with van der Waals surface area (Å²) in [6, 6.07) is 37.6. The third kappa shape index (κ3) is 5.69. The number of benzene rings is 4. The predicted octanol–water partition coefficient (Wildman–Crippen LogP) is 10.3. The quantitative estimate of drug-likeness (QED) is 0.182. The van der Waals surface area contributed by atoms with Gasteiger partial charge in [-0.05, 0) is 83.0 Å². The first kappa shape index (κ1) is 30.2. The van der Waals surface area contributed by atoms with Crippen molar-refractivity contribution >= 4 is 86.8 Å². The molecule has 226 valence electrons. The van der Waals surface area contributed by atoms with Gasteiger partial charge in [0, 0.05) is 18.8 Å². The largest absolute Gasteiger partial charge is 0.272 e. The van der Waals surface area contributed by atoms with Crippen LogP contribution in [0.2, 0.25) is 0 Å². The van der Waals surface area contributed by atoms with Crippen LogP contribution >= 0.6 is 66.7 Å². The number of fused-ring (bicyclic) bond motifs is 1. The Morgan fingerprint density at radius 3 is 1.93 bits per heavy atom. The number of rotatable bonds is 4. The molecule has 0 radical (unpaired) electrons. The van der Waals surface area contributed by atoms with E-state index in [-0.39, 0.29) is 11.6 Å². The highest BCUT2D eigenvalue weighted by molar-refractivity contribution is 9.10. The highest BCUT2D eigenvalue weighted by Crippen LogP contribution is 2.57. The van der Waals surface area contributed by atoms with Crippen LogP contribution in [0.3, 0.4) is 0 Å². The van der Waals surface area contributed by atoms with E-state index in [9.17, 15) is 4.79 Å². The van der Waals surface area contributed by atoms with E-state index in [2.05, 4.69) is 135 Å². The monoisotopic (exact) mass is 780 g/mol. The zero-order valence-corrected chi connectivity index (χ0v) is 30.1. The molecule has 0 unspecified atom stereocenters. The summed E-state index contributed by atoms with van der Waals surface area (Å²) in [6.07, 6.45) is 5.16. The normalized spacial score (nSPS) is 18.5. The number of allylic oxidation sites excluding steroid dienone is 2. The highest BCUT2D eigenvalue weighted by atomic mass is 79.9. The van der Waals surface area contributed by atoms with Crippen LogP contribution in [0.4, 0.5) is 0 Å². The van der Waals surface area contributed by atoms with Crippen molar-refractivity contribution in [3.63, 3.8) is 0 Å². The molecule has 0 N–H and O–H groups in total. The molecule has 0 saturated heterocycles. The number of aromatic nitrogens is 1. The Labute approximate surface area is 296 Å². The molecular weight excluding hydrogens is 756 g/mol. The molecule has 1 aliphatic carbocycles. The fraction of sp³-hybridized carbons (Fsp3) is 0.105. The minimum absolute atomic E-state index is 0.0314. The summed E-state index contributed by atoms with van der Waals surface area (Å²) in [7, 11) is 0. The van der Waals surface area contributed by atoms with Crippen LogP contribution in [-0.2, 0) is 0 Å². The lowest BCUT2D eigenvalue weighted by atomic mass is 9.84. The molecule has 2 aliphatic heterocycles. The number of hydrogen-bond acceptors (Lipinski definition) is 5. The Bertz CT molecular complexity index is 2200. The van der Waals surface area contributed by atoms with Gasteiger partial charge in [0.1, 0.15) is 4.53 Å². The molecule has 1 aromatic heterocycles. The number of nitrogens with zero attached hydrogens (tertiary/aromatic N) is 2. The summed E-state index contributed by atoms with van der Waals surface area (Å²) < 4.78 is 5.82. The Morgan fingerprint density at radius 2 is 1.33 bits per heavy atom. The number of halogens is 2. The fourth-order valence-corrected chi connectivity index (χ4v) is 10.7. The van der Waals surface area contributed by atoms with Gasteiger partial charge in [-0.15, -0.1) is 0 Å². The number of hydrogen-bond donors (Lipinski definition) is 0. The summed E-state index contributed by atoms with van der Waals surface area (Å²) in [5, 5.41) is 0. The Morgan fingerprint density at radius 1 is 0.739 bits per heavy atom. The molecule has 5 aromatic rings. The zero-order chi connectivity index (χ0) is 31.2. The zero-order valence-electron chi connectivity index (χ0n) is 24.5. The first-order chi connectivity index (χ1) is 22.5. The molecule has 3 nitrogen and oxygen atoms in total. The van der Waals surface area contributed by atoms with E-state index in [0.717, 1.165) is 69.7 Å². The molecule has 0 amide bonds. The molecule has 0 fully saturated rings. The maximum Gasteiger partial charge on any atom is 0.272 e. The van der Waals surface area contributed by atoms with Crippen LogP contribution in [-0.4, -0.2) is 4.57 Å². The van der Waals surface area contributed by atoms with Crippen LogP contribution < -0.4 is 14.9 Å². The lowest BCUT2D eigenvalue weighted by Crippen LogP contribution is -2.39. The smallest absolute Gasteiger partial charge is 0.272 e. The Balaban J connectivity index is 1.32. The van der Waals surface area contributed by atoms with E-state index in [1.54, 1.807) is 23.5 Å². The topological polar surface area (TPSA) is 34.4 Å². The van der Waals surface area contributed by atoms with Crippen molar-refractivity contribution in [1.29, 1.82) is 0 Å². The summed E-state index contributed by atoms with van der Waals surface area (Å²) in [5.41, 5.74) is 8.10. The van der Waals surface area contributed by atoms with Gasteiger partial charge >= 0.3 is 0 Å². The lowest BCUT2D eigenvalue weighted by molar-refractivity contribution is 0.553. The number of thiazole rings is 1. The average molecular weight is 783 g/mol. The van der Waals surface area contributed by atoms with Gasteiger partial charge in [0.15, 0.2) is 4.80 Å². The molecular formula is C38H26Br2N2OS3. The van der Waals surface area contributed by atoms with Crippen LogP contribution in [0, 0.1) is 0 Å². The summed E-state index contributed by atoms with van der Waals surface area (Å²) >= 11 is 12.1. The van der Waals surface area contributed by atoms with E-state index in [4.69, 9.17) is 4.99 Å². The predicted molar refractivity (Wildman–Crippen MR) is 203 cm³/mol. The first-order valence-corrected chi connectivity index (χ1v) is 19.1. The standard InChI is InChI=1S/C38H26Br2N2OS3/c39-28-18-14-23(15-19-28)22-27-12-7-13-30-31(27)41-38-42(32(30)24-16-20-29(40)21-17-24)36(43)35(46-38)37-44-33(25-8-3-1-4-9-25)34(45-37)26-10-5-2-6-11-26/h1-6,8-11,14-22,32H,7,12-13H2/b27-22+/t32-/m1/s1. The molecule has 8 heteroatoms. The van der Waals surface area contributed by atoms with Gasteiger partial charge in [-0.1, -0.05) is 152 Å². The lowest BCUT2D eigenvalue weighted by Gasteiger charge is -2.31. The second kappa shape index (κ2) is 12.8. The van der Waals surface area contributed by atoms with Crippen LogP contribution in [0.1, 0.15) is 47.6 Å². The first-order valence-electron chi connectivity index (χ1n) is 15.0. The summed E-state index contributed by atoms with van der Waals surface area (Å²) in [5.74, 6) is 0. The molecule has 0 bridgehead atoms. The maximum absolute atomic E-state index is 14.6. The minimum Gasteiger partial charge on any atom is -0.272 e.